The summed E-state index contributed by atoms with van der Waals surface area (Å²) in [6.45, 7) is 3.56. The summed E-state index contributed by atoms with van der Waals surface area (Å²) in [5.74, 6) is -0.663. The SMILES string of the molecule is CCCC(CN)C(=O)N1CC(CC(=O)O)C1. The molecular weight excluding hydrogens is 208 g/mol. The van der Waals surface area contributed by atoms with Gasteiger partial charge in [-0.15, -0.1) is 0 Å². The molecule has 3 N–H and O–H groups in total. The van der Waals surface area contributed by atoms with Crippen molar-refractivity contribution in [2.75, 3.05) is 19.6 Å². The van der Waals surface area contributed by atoms with E-state index in [0.29, 0.717) is 19.6 Å². The molecule has 16 heavy (non-hydrogen) atoms. The number of carbonyl (C=O) groups is 2. The van der Waals surface area contributed by atoms with E-state index in [9.17, 15) is 9.59 Å². The van der Waals surface area contributed by atoms with Gasteiger partial charge >= 0.3 is 5.97 Å². The minimum atomic E-state index is -0.791. The molecule has 0 aromatic carbocycles. The van der Waals surface area contributed by atoms with Crippen molar-refractivity contribution in [1.82, 2.24) is 4.90 Å². The second kappa shape index (κ2) is 5.84. The molecule has 5 heteroatoms. The zero-order valence-corrected chi connectivity index (χ0v) is 9.69. The summed E-state index contributed by atoms with van der Waals surface area (Å²) < 4.78 is 0. The number of hydrogen-bond donors (Lipinski definition) is 2. The van der Waals surface area contributed by atoms with Crippen molar-refractivity contribution in [3.63, 3.8) is 0 Å². The highest BCUT2D eigenvalue weighted by atomic mass is 16.4. The molecule has 0 bridgehead atoms. The zero-order chi connectivity index (χ0) is 12.1. The van der Waals surface area contributed by atoms with Crippen LogP contribution in [0.15, 0.2) is 0 Å². The third-order valence-corrected chi connectivity index (χ3v) is 3.00. The van der Waals surface area contributed by atoms with E-state index < -0.39 is 5.97 Å². The summed E-state index contributed by atoms with van der Waals surface area (Å²) in [4.78, 5) is 24.0. The van der Waals surface area contributed by atoms with Crippen molar-refractivity contribution in [2.24, 2.45) is 17.6 Å². The first-order chi connectivity index (χ1) is 7.58. The predicted octanol–water partition coefficient (Wildman–Crippen LogP) is 0.295. The summed E-state index contributed by atoms with van der Waals surface area (Å²) in [5.41, 5.74) is 5.55. The maximum atomic E-state index is 11.9. The van der Waals surface area contributed by atoms with Gasteiger partial charge in [0.1, 0.15) is 0 Å². The molecule has 1 aliphatic heterocycles. The fourth-order valence-corrected chi connectivity index (χ4v) is 2.07. The van der Waals surface area contributed by atoms with Crippen LogP contribution in [0.1, 0.15) is 26.2 Å². The average molecular weight is 228 g/mol. The van der Waals surface area contributed by atoms with Crippen molar-refractivity contribution in [1.29, 1.82) is 0 Å². The Bertz CT molecular complexity index is 262. The Morgan fingerprint density at radius 3 is 2.56 bits per heavy atom. The maximum Gasteiger partial charge on any atom is 0.303 e. The van der Waals surface area contributed by atoms with Gasteiger partial charge in [0, 0.05) is 25.6 Å². The molecule has 1 amide bonds. The molecule has 1 aliphatic rings. The molecule has 0 aliphatic carbocycles. The van der Waals surface area contributed by atoms with Gasteiger partial charge in [-0.3, -0.25) is 9.59 Å². The van der Waals surface area contributed by atoms with Crippen LogP contribution in [-0.2, 0) is 9.59 Å². The van der Waals surface area contributed by atoms with Gasteiger partial charge in [0.15, 0.2) is 0 Å². The minimum Gasteiger partial charge on any atom is -0.481 e. The molecule has 92 valence electrons. The lowest BCUT2D eigenvalue weighted by molar-refractivity contribution is -0.147. The van der Waals surface area contributed by atoms with E-state index in [1.54, 1.807) is 4.90 Å². The van der Waals surface area contributed by atoms with Crippen molar-refractivity contribution in [3.05, 3.63) is 0 Å². The number of nitrogens with zero attached hydrogens (tertiary/aromatic N) is 1. The van der Waals surface area contributed by atoms with Crippen molar-refractivity contribution in [2.45, 2.75) is 26.2 Å². The van der Waals surface area contributed by atoms with E-state index in [1.807, 2.05) is 6.92 Å². The number of nitrogens with two attached hydrogens (primary N) is 1. The number of likely N-dealkylation sites (tertiary alicyclic amines) is 1. The highest BCUT2D eigenvalue weighted by Crippen LogP contribution is 2.22. The van der Waals surface area contributed by atoms with E-state index in [1.165, 1.54) is 0 Å². The highest BCUT2D eigenvalue weighted by Gasteiger charge is 2.34. The third-order valence-electron chi connectivity index (χ3n) is 3.00. The molecule has 1 fully saturated rings. The van der Waals surface area contributed by atoms with E-state index in [-0.39, 0.29) is 24.2 Å². The number of amides is 1. The van der Waals surface area contributed by atoms with Crippen LogP contribution in [0.2, 0.25) is 0 Å². The van der Waals surface area contributed by atoms with Crippen LogP contribution in [0, 0.1) is 11.8 Å². The van der Waals surface area contributed by atoms with Gasteiger partial charge in [0.25, 0.3) is 0 Å². The summed E-state index contributed by atoms with van der Waals surface area (Å²) in [6.07, 6.45) is 1.92. The Morgan fingerprint density at radius 1 is 1.50 bits per heavy atom. The minimum absolute atomic E-state index is 0.0872. The largest absolute Gasteiger partial charge is 0.481 e. The smallest absolute Gasteiger partial charge is 0.303 e. The first-order valence-electron chi connectivity index (χ1n) is 5.79. The van der Waals surface area contributed by atoms with Gasteiger partial charge in [-0.2, -0.15) is 0 Å². The molecule has 0 spiro atoms. The Kier molecular flexibility index (Phi) is 4.73. The number of aliphatic carboxylic acids is 1. The fourth-order valence-electron chi connectivity index (χ4n) is 2.07. The molecule has 1 atom stereocenters. The quantitative estimate of drug-likeness (QED) is 0.684. The summed E-state index contributed by atoms with van der Waals surface area (Å²) in [6, 6.07) is 0. The van der Waals surface area contributed by atoms with E-state index in [0.717, 1.165) is 12.8 Å². The Morgan fingerprint density at radius 2 is 2.12 bits per heavy atom. The van der Waals surface area contributed by atoms with Crippen LogP contribution in [0.3, 0.4) is 0 Å². The Labute approximate surface area is 95.6 Å². The second-order valence-electron chi connectivity index (χ2n) is 4.43. The Balaban J connectivity index is 2.32. The molecule has 0 radical (unpaired) electrons. The molecule has 0 aromatic heterocycles. The molecule has 1 rings (SSSR count). The van der Waals surface area contributed by atoms with Gasteiger partial charge in [0.2, 0.25) is 5.91 Å². The first kappa shape index (κ1) is 13.0. The van der Waals surface area contributed by atoms with Crippen LogP contribution in [0.4, 0.5) is 0 Å². The number of rotatable bonds is 6. The second-order valence-corrected chi connectivity index (χ2v) is 4.43. The van der Waals surface area contributed by atoms with Gasteiger partial charge in [-0.05, 0) is 6.42 Å². The third kappa shape index (κ3) is 3.20. The lowest BCUT2D eigenvalue weighted by Crippen LogP contribution is -2.53. The standard InChI is InChI=1S/C11H20N2O3/c1-2-3-9(5-12)11(16)13-6-8(7-13)4-10(14)15/h8-9H,2-7,12H2,1H3,(H,14,15). The first-order valence-corrected chi connectivity index (χ1v) is 5.79. The fraction of sp³-hybridized carbons (Fsp3) is 0.818. The number of carboxylic acid groups (broad SMARTS) is 1. The van der Waals surface area contributed by atoms with Crippen LogP contribution in [0.5, 0.6) is 0 Å². The molecule has 1 heterocycles. The number of hydrogen-bond acceptors (Lipinski definition) is 3. The van der Waals surface area contributed by atoms with E-state index in [4.69, 9.17) is 10.8 Å². The van der Waals surface area contributed by atoms with Crippen molar-refractivity contribution >= 4 is 11.9 Å². The van der Waals surface area contributed by atoms with Crippen molar-refractivity contribution in [3.8, 4) is 0 Å². The summed E-state index contributed by atoms with van der Waals surface area (Å²) in [7, 11) is 0. The summed E-state index contributed by atoms with van der Waals surface area (Å²) in [5, 5.41) is 8.59. The Hall–Kier alpha value is -1.10. The van der Waals surface area contributed by atoms with Gasteiger partial charge < -0.3 is 15.7 Å². The van der Waals surface area contributed by atoms with Crippen LogP contribution >= 0.6 is 0 Å². The van der Waals surface area contributed by atoms with Crippen LogP contribution in [-0.4, -0.2) is 41.5 Å². The maximum absolute atomic E-state index is 11.9. The van der Waals surface area contributed by atoms with Crippen molar-refractivity contribution < 1.29 is 14.7 Å². The molecule has 1 saturated heterocycles. The van der Waals surface area contributed by atoms with Crippen LogP contribution < -0.4 is 5.73 Å². The van der Waals surface area contributed by atoms with E-state index in [2.05, 4.69) is 0 Å². The zero-order valence-electron chi connectivity index (χ0n) is 9.69. The van der Waals surface area contributed by atoms with Crippen LogP contribution in [0.25, 0.3) is 0 Å². The summed E-state index contributed by atoms with van der Waals surface area (Å²) >= 11 is 0. The molecule has 5 nitrogen and oxygen atoms in total. The lowest BCUT2D eigenvalue weighted by Gasteiger charge is -2.40. The number of carbonyl (C=O) groups excluding carboxylic acids is 1. The molecule has 0 aromatic rings. The normalized spacial score (nSPS) is 18.0. The molecular formula is C11H20N2O3. The van der Waals surface area contributed by atoms with E-state index >= 15 is 0 Å². The monoisotopic (exact) mass is 228 g/mol. The average Bonchev–Trinajstić information content (AvgIpc) is 2.18. The van der Waals surface area contributed by atoms with Gasteiger partial charge in [-0.25, -0.2) is 0 Å². The highest BCUT2D eigenvalue weighted by molar-refractivity contribution is 5.80. The predicted molar refractivity (Wildman–Crippen MR) is 59.8 cm³/mol. The molecule has 1 unspecified atom stereocenters. The lowest BCUT2D eigenvalue weighted by atomic mass is 9.93. The topological polar surface area (TPSA) is 83.6 Å². The van der Waals surface area contributed by atoms with Gasteiger partial charge in [-0.1, -0.05) is 13.3 Å². The molecule has 0 saturated carbocycles. The number of carboxylic acids is 1. The van der Waals surface area contributed by atoms with Gasteiger partial charge in [0.05, 0.1) is 12.3 Å².